The number of rotatable bonds is 5. The minimum Gasteiger partial charge on any atom is -0.497 e. The number of ether oxygens (including phenoxy) is 1. The van der Waals surface area contributed by atoms with E-state index in [1.54, 1.807) is 12.1 Å². The smallest absolute Gasteiger partial charge is 0.131 e. The van der Waals surface area contributed by atoms with Gasteiger partial charge < -0.3 is 10.1 Å². The van der Waals surface area contributed by atoms with Crippen molar-refractivity contribution in [2.24, 2.45) is 0 Å². The molecule has 2 nitrogen and oxygen atoms in total. The summed E-state index contributed by atoms with van der Waals surface area (Å²) in [5, 5.41) is 3.16. The first-order chi connectivity index (χ1) is 9.24. The molecular weight excluding hydrogens is 241 g/mol. The third-order valence-corrected chi connectivity index (χ3v) is 3.21. The van der Waals surface area contributed by atoms with Gasteiger partial charge in [-0.05, 0) is 25.1 Å². The predicted molar refractivity (Wildman–Crippen MR) is 74.9 cm³/mol. The lowest BCUT2D eigenvalue weighted by Gasteiger charge is -2.18. The molecule has 0 radical (unpaired) electrons. The molecule has 1 N–H and O–H groups in total. The topological polar surface area (TPSA) is 21.3 Å². The van der Waals surface area contributed by atoms with Crippen molar-refractivity contribution in [3.05, 3.63) is 65.5 Å². The van der Waals surface area contributed by atoms with Crippen LogP contribution in [-0.4, -0.2) is 14.2 Å². The molecule has 0 spiro atoms. The molecule has 0 saturated heterocycles. The molecule has 0 saturated carbocycles. The van der Waals surface area contributed by atoms with Crippen LogP contribution in [0.15, 0.2) is 48.5 Å². The number of likely N-dealkylation sites (N-methyl/N-ethyl adjacent to an activating group) is 1. The first-order valence-electron chi connectivity index (χ1n) is 6.29. The molecule has 0 fully saturated rings. The van der Waals surface area contributed by atoms with Gasteiger partial charge in [-0.15, -0.1) is 0 Å². The highest BCUT2D eigenvalue weighted by Crippen LogP contribution is 2.24. The van der Waals surface area contributed by atoms with Gasteiger partial charge in [-0.1, -0.05) is 36.4 Å². The molecule has 1 unspecified atom stereocenters. The first kappa shape index (κ1) is 13.6. The van der Waals surface area contributed by atoms with Gasteiger partial charge in [-0.2, -0.15) is 0 Å². The SMILES string of the molecule is CNC(Cc1ccccc1)c1ccc(OC)cc1F. The molecule has 0 aliphatic heterocycles. The fourth-order valence-corrected chi connectivity index (χ4v) is 2.13. The van der Waals surface area contributed by atoms with Gasteiger partial charge in [-0.3, -0.25) is 0 Å². The zero-order chi connectivity index (χ0) is 13.7. The maximum atomic E-state index is 14.1. The van der Waals surface area contributed by atoms with E-state index < -0.39 is 0 Å². The summed E-state index contributed by atoms with van der Waals surface area (Å²) in [4.78, 5) is 0. The molecule has 100 valence electrons. The van der Waals surface area contributed by atoms with Crippen LogP contribution in [0, 0.1) is 5.82 Å². The fraction of sp³-hybridized carbons (Fsp3) is 0.250. The van der Waals surface area contributed by atoms with Crippen molar-refractivity contribution in [3.8, 4) is 5.75 Å². The van der Waals surface area contributed by atoms with Gasteiger partial charge in [0, 0.05) is 17.7 Å². The fourth-order valence-electron chi connectivity index (χ4n) is 2.13. The van der Waals surface area contributed by atoms with Crippen LogP contribution < -0.4 is 10.1 Å². The standard InChI is InChI=1S/C16H18FNO/c1-18-16(10-12-6-4-3-5-7-12)14-9-8-13(19-2)11-15(14)17/h3-9,11,16,18H,10H2,1-2H3. The summed E-state index contributed by atoms with van der Waals surface area (Å²) in [6.07, 6.45) is 0.751. The average molecular weight is 259 g/mol. The van der Waals surface area contributed by atoms with Crippen LogP contribution in [0.3, 0.4) is 0 Å². The van der Waals surface area contributed by atoms with Crippen LogP contribution in [0.25, 0.3) is 0 Å². The van der Waals surface area contributed by atoms with E-state index in [0.717, 1.165) is 6.42 Å². The Bertz CT molecular complexity index is 528. The summed E-state index contributed by atoms with van der Waals surface area (Å²) in [5.74, 6) is 0.297. The number of nitrogens with one attached hydrogen (secondary N) is 1. The maximum Gasteiger partial charge on any atom is 0.131 e. The highest BCUT2D eigenvalue weighted by molar-refractivity contribution is 5.32. The summed E-state index contributed by atoms with van der Waals surface area (Å²) < 4.78 is 19.1. The molecular formula is C16H18FNO. The number of benzene rings is 2. The van der Waals surface area contributed by atoms with Crippen molar-refractivity contribution in [2.45, 2.75) is 12.5 Å². The largest absolute Gasteiger partial charge is 0.497 e. The number of methoxy groups -OCH3 is 1. The summed E-state index contributed by atoms with van der Waals surface area (Å²) in [6.45, 7) is 0. The Hall–Kier alpha value is -1.87. The molecule has 2 rings (SSSR count). The van der Waals surface area contributed by atoms with Crippen LogP contribution in [-0.2, 0) is 6.42 Å². The zero-order valence-corrected chi connectivity index (χ0v) is 11.2. The van der Waals surface area contributed by atoms with Gasteiger partial charge in [0.25, 0.3) is 0 Å². The highest BCUT2D eigenvalue weighted by Gasteiger charge is 2.15. The molecule has 0 aliphatic carbocycles. The Morgan fingerprint density at radius 1 is 1.16 bits per heavy atom. The molecule has 1 atom stereocenters. The van der Waals surface area contributed by atoms with Gasteiger partial charge in [-0.25, -0.2) is 4.39 Å². The average Bonchev–Trinajstić information content (AvgIpc) is 2.46. The maximum absolute atomic E-state index is 14.1. The summed E-state index contributed by atoms with van der Waals surface area (Å²) in [6, 6.07) is 15.0. The van der Waals surface area contributed by atoms with E-state index in [9.17, 15) is 4.39 Å². The van der Waals surface area contributed by atoms with E-state index in [4.69, 9.17) is 4.74 Å². The van der Waals surface area contributed by atoms with Crippen LogP contribution in [0.5, 0.6) is 5.75 Å². The normalized spacial score (nSPS) is 12.2. The van der Waals surface area contributed by atoms with Crippen molar-refractivity contribution in [3.63, 3.8) is 0 Å². The summed E-state index contributed by atoms with van der Waals surface area (Å²) in [7, 11) is 3.38. The molecule has 0 heterocycles. The van der Waals surface area contributed by atoms with Gasteiger partial charge >= 0.3 is 0 Å². The Balaban J connectivity index is 2.22. The Labute approximate surface area is 113 Å². The molecule has 0 amide bonds. The molecule has 0 bridgehead atoms. The van der Waals surface area contributed by atoms with E-state index in [-0.39, 0.29) is 11.9 Å². The summed E-state index contributed by atoms with van der Waals surface area (Å²) in [5.41, 5.74) is 1.84. The Morgan fingerprint density at radius 3 is 2.47 bits per heavy atom. The third kappa shape index (κ3) is 3.32. The van der Waals surface area contributed by atoms with Gasteiger partial charge in [0.15, 0.2) is 0 Å². The summed E-state index contributed by atoms with van der Waals surface area (Å²) >= 11 is 0. The van der Waals surface area contributed by atoms with Crippen molar-refractivity contribution in [1.82, 2.24) is 5.32 Å². The second-order valence-corrected chi connectivity index (χ2v) is 4.42. The van der Waals surface area contributed by atoms with Crippen molar-refractivity contribution in [2.75, 3.05) is 14.2 Å². The van der Waals surface area contributed by atoms with E-state index in [2.05, 4.69) is 5.32 Å². The quantitative estimate of drug-likeness (QED) is 0.889. The van der Waals surface area contributed by atoms with Crippen LogP contribution in [0.2, 0.25) is 0 Å². The predicted octanol–water partition coefficient (Wildman–Crippen LogP) is 3.34. The van der Waals surface area contributed by atoms with Gasteiger partial charge in [0.05, 0.1) is 7.11 Å². The lowest BCUT2D eigenvalue weighted by molar-refractivity contribution is 0.409. The van der Waals surface area contributed by atoms with Crippen LogP contribution in [0.1, 0.15) is 17.2 Å². The lowest BCUT2D eigenvalue weighted by Crippen LogP contribution is -2.20. The Morgan fingerprint density at radius 2 is 1.89 bits per heavy atom. The lowest BCUT2D eigenvalue weighted by atomic mass is 9.98. The van der Waals surface area contributed by atoms with Gasteiger partial charge in [0.2, 0.25) is 0 Å². The second kappa shape index (κ2) is 6.34. The number of hydrogen-bond acceptors (Lipinski definition) is 2. The van der Waals surface area contributed by atoms with Crippen molar-refractivity contribution >= 4 is 0 Å². The number of halogens is 1. The third-order valence-electron chi connectivity index (χ3n) is 3.21. The van der Waals surface area contributed by atoms with Crippen LogP contribution >= 0.6 is 0 Å². The van der Waals surface area contributed by atoms with E-state index in [1.807, 2.05) is 37.4 Å². The zero-order valence-electron chi connectivity index (χ0n) is 11.2. The Kier molecular flexibility index (Phi) is 4.53. The molecule has 0 aliphatic rings. The van der Waals surface area contributed by atoms with Crippen molar-refractivity contribution < 1.29 is 9.13 Å². The van der Waals surface area contributed by atoms with Crippen LogP contribution in [0.4, 0.5) is 4.39 Å². The van der Waals surface area contributed by atoms with Crippen molar-refractivity contribution in [1.29, 1.82) is 0 Å². The monoisotopic (exact) mass is 259 g/mol. The second-order valence-electron chi connectivity index (χ2n) is 4.42. The molecule has 0 aromatic heterocycles. The molecule has 2 aromatic carbocycles. The first-order valence-corrected chi connectivity index (χ1v) is 6.29. The molecule has 19 heavy (non-hydrogen) atoms. The molecule has 3 heteroatoms. The molecule has 2 aromatic rings. The van der Waals surface area contributed by atoms with E-state index >= 15 is 0 Å². The highest BCUT2D eigenvalue weighted by atomic mass is 19.1. The number of hydrogen-bond donors (Lipinski definition) is 1. The van der Waals surface area contributed by atoms with Gasteiger partial charge in [0.1, 0.15) is 11.6 Å². The minimum absolute atomic E-state index is 0.0479. The van der Waals surface area contributed by atoms with E-state index in [0.29, 0.717) is 11.3 Å². The van der Waals surface area contributed by atoms with E-state index in [1.165, 1.54) is 18.7 Å². The minimum atomic E-state index is -0.241.